The number of aliphatic hydroxyl groups is 1. The molecule has 132 valence electrons. The molecule has 0 bridgehead atoms. The van der Waals surface area contributed by atoms with Gasteiger partial charge in [0.05, 0.1) is 18.1 Å². The predicted molar refractivity (Wildman–Crippen MR) is 85.1 cm³/mol. The molecule has 0 saturated carbocycles. The van der Waals surface area contributed by atoms with Gasteiger partial charge in [-0.1, -0.05) is 0 Å². The highest BCUT2D eigenvalue weighted by Crippen LogP contribution is 2.35. The van der Waals surface area contributed by atoms with E-state index < -0.39 is 28.7 Å². The van der Waals surface area contributed by atoms with E-state index in [1.807, 2.05) is 6.26 Å². The number of hydrogen-bond donors (Lipinski definition) is 3. The van der Waals surface area contributed by atoms with E-state index in [1.54, 1.807) is 0 Å². The van der Waals surface area contributed by atoms with Crippen LogP contribution < -0.4 is 10.9 Å². The highest BCUT2D eigenvalue weighted by Gasteiger charge is 2.37. The van der Waals surface area contributed by atoms with Crippen LogP contribution in [0.5, 0.6) is 0 Å². The van der Waals surface area contributed by atoms with Gasteiger partial charge in [0.15, 0.2) is 11.9 Å². The first kappa shape index (κ1) is 17.3. The van der Waals surface area contributed by atoms with Crippen molar-refractivity contribution in [3.63, 3.8) is 0 Å². The first-order valence-corrected chi connectivity index (χ1v) is 9.53. The SMILES string of the molecule is CSc1nn([C@H]2C[C@H](O)[C@H](COS(N)(=O)=O)O2)c2ncnc(N)c12. The Labute approximate surface area is 141 Å². The number of ether oxygens (including phenoxy) is 1. The van der Waals surface area contributed by atoms with Gasteiger partial charge in [0, 0.05) is 6.42 Å². The topological polar surface area (TPSA) is 168 Å². The van der Waals surface area contributed by atoms with E-state index in [9.17, 15) is 13.5 Å². The number of thioether (sulfide) groups is 1. The molecular formula is C11H16N6O5S2. The zero-order valence-corrected chi connectivity index (χ0v) is 14.2. The van der Waals surface area contributed by atoms with Gasteiger partial charge in [-0.05, 0) is 6.26 Å². The number of anilines is 1. The Morgan fingerprint density at radius 1 is 1.54 bits per heavy atom. The standard InChI is InChI=1S/C11H16N6O5S2/c1-23-11-8-9(12)14-4-15-10(8)17(16-11)7-2-5(18)6(22-7)3-21-24(13,19)20/h4-7,18H,2-3H2,1H3,(H2,12,14,15)(H2,13,19,20)/t5-,6-,7+/m0/s1. The van der Waals surface area contributed by atoms with E-state index >= 15 is 0 Å². The van der Waals surface area contributed by atoms with Gasteiger partial charge in [0.25, 0.3) is 0 Å². The van der Waals surface area contributed by atoms with Crippen molar-refractivity contribution < 1.29 is 22.4 Å². The minimum Gasteiger partial charge on any atom is -0.390 e. The second-order valence-electron chi connectivity index (χ2n) is 5.12. The summed E-state index contributed by atoms with van der Waals surface area (Å²) in [5.41, 5.74) is 6.36. The van der Waals surface area contributed by atoms with Gasteiger partial charge in [-0.2, -0.15) is 13.5 Å². The maximum absolute atomic E-state index is 10.9. The smallest absolute Gasteiger partial charge is 0.333 e. The first-order chi connectivity index (χ1) is 11.3. The summed E-state index contributed by atoms with van der Waals surface area (Å²) in [4.78, 5) is 8.13. The zero-order valence-electron chi connectivity index (χ0n) is 12.6. The van der Waals surface area contributed by atoms with Crippen LogP contribution in [-0.2, 0) is 19.2 Å². The minimum absolute atomic E-state index is 0.188. The van der Waals surface area contributed by atoms with E-state index in [1.165, 1.54) is 22.8 Å². The van der Waals surface area contributed by atoms with E-state index in [0.717, 1.165) is 0 Å². The Kier molecular flexibility index (Phi) is 4.63. The lowest BCUT2D eigenvalue weighted by Gasteiger charge is -2.14. The maximum Gasteiger partial charge on any atom is 0.333 e. The summed E-state index contributed by atoms with van der Waals surface area (Å²) in [5, 5.41) is 20.5. The molecule has 0 radical (unpaired) electrons. The fourth-order valence-electron chi connectivity index (χ4n) is 2.48. The maximum atomic E-state index is 10.9. The van der Waals surface area contributed by atoms with Crippen molar-refractivity contribution in [1.82, 2.24) is 19.7 Å². The van der Waals surface area contributed by atoms with Crippen LogP contribution in [0, 0.1) is 0 Å². The fourth-order valence-corrected chi connectivity index (χ4v) is 3.38. The molecule has 3 atom stereocenters. The first-order valence-electron chi connectivity index (χ1n) is 6.83. The molecular weight excluding hydrogens is 360 g/mol. The molecule has 24 heavy (non-hydrogen) atoms. The summed E-state index contributed by atoms with van der Waals surface area (Å²) in [6.45, 7) is -0.387. The van der Waals surface area contributed by atoms with E-state index in [0.29, 0.717) is 21.9 Å². The predicted octanol–water partition coefficient (Wildman–Crippen LogP) is -1.00. The Hall–Kier alpha value is -1.51. The van der Waals surface area contributed by atoms with Crippen LogP contribution in [-0.4, -0.2) is 58.3 Å². The summed E-state index contributed by atoms with van der Waals surface area (Å²) >= 11 is 1.38. The lowest BCUT2D eigenvalue weighted by atomic mass is 10.2. The van der Waals surface area contributed by atoms with Gasteiger partial charge < -0.3 is 15.6 Å². The van der Waals surface area contributed by atoms with Crippen LogP contribution in [0.25, 0.3) is 11.0 Å². The van der Waals surface area contributed by atoms with Crippen molar-refractivity contribution in [2.24, 2.45) is 5.14 Å². The molecule has 1 aliphatic heterocycles. The number of nitrogen functional groups attached to an aromatic ring is 1. The highest BCUT2D eigenvalue weighted by atomic mass is 32.2. The van der Waals surface area contributed by atoms with Crippen LogP contribution in [0.1, 0.15) is 12.6 Å². The molecule has 2 aromatic heterocycles. The third kappa shape index (κ3) is 3.31. The quantitative estimate of drug-likeness (QED) is 0.550. The minimum atomic E-state index is -4.11. The normalized spacial score (nSPS) is 24.7. The van der Waals surface area contributed by atoms with Gasteiger partial charge in [0.2, 0.25) is 0 Å². The molecule has 11 nitrogen and oxygen atoms in total. The van der Waals surface area contributed by atoms with Crippen molar-refractivity contribution >= 4 is 38.9 Å². The van der Waals surface area contributed by atoms with Crippen LogP contribution in [0.2, 0.25) is 0 Å². The van der Waals surface area contributed by atoms with Crippen LogP contribution in [0.15, 0.2) is 11.4 Å². The number of fused-ring (bicyclic) bond motifs is 1. The van der Waals surface area contributed by atoms with Crippen molar-refractivity contribution in [3.8, 4) is 0 Å². The van der Waals surface area contributed by atoms with Crippen molar-refractivity contribution in [1.29, 1.82) is 0 Å². The zero-order chi connectivity index (χ0) is 17.5. The molecule has 1 fully saturated rings. The molecule has 1 saturated heterocycles. The monoisotopic (exact) mass is 376 g/mol. The summed E-state index contributed by atoms with van der Waals surface area (Å²) in [7, 11) is -4.11. The molecule has 0 aromatic carbocycles. The highest BCUT2D eigenvalue weighted by molar-refractivity contribution is 7.98. The largest absolute Gasteiger partial charge is 0.390 e. The summed E-state index contributed by atoms with van der Waals surface area (Å²) in [6.07, 6.45) is 0.898. The number of aromatic nitrogens is 4. The van der Waals surface area contributed by atoms with Gasteiger partial charge in [0.1, 0.15) is 23.3 Å². The Balaban J connectivity index is 1.88. The Morgan fingerprint density at radius 3 is 2.96 bits per heavy atom. The number of rotatable bonds is 5. The second-order valence-corrected chi connectivity index (χ2v) is 7.14. The third-order valence-corrected chi connectivity index (χ3v) is 4.69. The van der Waals surface area contributed by atoms with Crippen molar-refractivity contribution in [3.05, 3.63) is 6.33 Å². The molecule has 0 amide bonds. The summed E-state index contributed by atoms with van der Waals surface area (Å²) in [6, 6.07) is 0. The van der Waals surface area contributed by atoms with Gasteiger partial charge >= 0.3 is 10.3 Å². The average Bonchev–Trinajstić information content (AvgIpc) is 3.06. The number of nitrogens with two attached hydrogens (primary N) is 2. The molecule has 2 aromatic rings. The van der Waals surface area contributed by atoms with E-state index in [4.69, 9.17) is 15.6 Å². The Bertz CT molecular complexity index is 856. The second kappa shape index (κ2) is 6.42. The number of nitrogens with zero attached hydrogens (tertiary/aromatic N) is 4. The number of aliphatic hydroxyl groups excluding tert-OH is 1. The van der Waals surface area contributed by atoms with Crippen LogP contribution in [0.4, 0.5) is 5.82 Å². The lowest BCUT2D eigenvalue weighted by molar-refractivity contribution is -0.0415. The number of hydrogen-bond acceptors (Lipinski definition) is 10. The van der Waals surface area contributed by atoms with Crippen LogP contribution in [0.3, 0.4) is 0 Å². The van der Waals surface area contributed by atoms with Gasteiger partial charge in [-0.3, -0.25) is 4.18 Å². The molecule has 0 spiro atoms. The van der Waals surface area contributed by atoms with Crippen molar-refractivity contribution in [2.45, 2.75) is 29.9 Å². The molecule has 3 heterocycles. The molecule has 0 unspecified atom stereocenters. The van der Waals surface area contributed by atoms with E-state index in [-0.39, 0.29) is 13.0 Å². The molecule has 1 aliphatic rings. The third-order valence-electron chi connectivity index (χ3n) is 3.55. The molecule has 0 aliphatic carbocycles. The lowest BCUT2D eigenvalue weighted by Crippen LogP contribution is -2.30. The Morgan fingerprint density at radius 2 is 2.29 bits per heavy atom. The average molecular weight is 376 g/mol. The molecule has 13 heteroatoms. The van der Waals surface area contributed by atoms with E-state index in [2.05, 4.69) is 19.2 Å². The summed E-state index contributed by atoms with van der Waals surface area (Å²) < 4.78 is 33.4. The van der Waals surface area contributed by atoms with Gasteiger partial charge in [-0.15, -0.1) is 11.8 Å². The summed E-state index contributed by atoms with van der Waals surface area (Å²) in [5.74, 6) is 0.295. The van der Waals surface area contributed by atoms with Crippen molar-refractivity contribution in [2.75, 3.05) is 18.6 Å². The van der Waals surface area contributed by atoms with Crippen LogP contribution >= 0.6 is 11.8 Å². The molecule has 5 N–H and O–H groups in total. The van der Waals surface area contributed by atoms with Gasteiger partial charge in [-0.25, -0.2) is 19.8 Å². The molecule has 3 rings (SSSR count). The fraction of sp³-hybridized carbons (Fsp3) is 0.545.